The van der Waals surface area contributed by atoms with Crippen LogP contribution in [0.4, 0.5) is 17.5 Å². The van der Waals surface area contributed by atoms with Gasteiger partial charge in [-0.15, -0.1) is 0 Å². The number of hydrogen-bond acceptors (Lipinski definition) is 6. The topological polar surface area (TPSA) is 77.5 Å². The van der Waals surface area contributed by atoms with Crippen molar-refractivity contribution in [2.45, 2.75) is 52.4 Å². The second-order valence-corrected chi connectivity index (χ2v) is 14.1. The molecule has 0 atom stereocenters. The molecule has 0 saturated carbocycles. The molecule has 0 unspecified atom stereocenters. The van der Waals surface area contributed by atoms with Crippen molar-refractivity contribution in [1.82, 2.24) is 34.5 Å². The van der Waals surface area contributed by atoms with E-state index in [2.05, 4.69) is 90.1 Å². The smallest absolute Gasteiger partial charge is 0.163 e. The first-order chi connectivity index (χ1) is 23.6. The van der Waals surface area contributed by atoms with Crippen LogP contribution in [0.15, 0.2) is 134 Å². The molecule has 0 fully saturated rings. The van der Waals surface area contributed by atoms with Crippen LogP contribution >= 0.6 is 0 Å². The molecule has 5 heterocycles. The van der Waals surface area contributed by atoms with Crippen LogP contribution in [0.2, 0.25) is 0 Å². The van der Waals surface area contributed by atoms with Crippen LogP contribution in [-0.2, 0) is 10.8 Å². The van der Waals surface area contributed by atoms with Crippen molar-refractivity contribution in [2.24, 2.45) is 0 Å². The predicted octanol–water partition coefficient (Wildman–Crippen LogP) is 9.64. The van der Waals surface area contributed by atoms with Gasteiger partial charge in [-0.25, -0.2) is 24.3 Å². The number of hydrogen-bond donors (Lipinski definition) is 0. The van der Waals surface area contributed by atoms with Gasteiger partial charge in [0.1, 0.15) is 17.5 Å². The van der Waals surface area contributed by atoms with Crippen molar-refractivity contribution >= 4 is 17.5 Å². The maximum Gasteiger partial charge on any atom is 0.163 e. The van der Waals surface area contributed by atoms with Crippen LogP contribution in [-0.4, -0.2) is 34.5 Å². The summed E-state index contributed by atoms with van der Waals surface area (Å²) in [5, 5.41) is 10.00. The molecule has 0 saturated heterocycles. The summed E-state index contributed by atoms with van der Waals surface area (Å²) in [6.45, 7) is 13.0. The zero-order valence-corrected chi connectivity index (χ0v) is 28.8. The molecule has 5 aromatic heterocycles. The van der Waals surface area contributed by atoms with Crippen molar-refractivity contribution in [3.63, 3.8) is 0 Å². The number of pyridine rings is 3. The lowest BCUT2D eigenvalue weighted by Gasteiger charge is -2.24. The summed E-state index contributed by atoms with van der Waals surface area (Å²) in [5.41, 5.74) is 5.77. The number of aromatic nitrogens is 7. The molecule has 0 radical (unpaired) electrons. The summed E-state index contributed by atoms with van der Waals surface area (Å²) < 4.78 is 3.75. The van der Waals surface area contributed by atoms with Crippen LogP contribution in [0, 0.1) is 0 Å². The summed E-state index contributed by atoms with van der Waals surface area (Å²) in [6, 6.07) is 38.8. The van der Waals surface area contributed by atoms with Gasteiger partial charge in [-0.1, -0.05) is 108 Å². The molecule has 0 spiro atoms. The maximum atomic E-state index is 5.31. The molecule has 0 bridgehead atoms. The van der Waals surface area contributed by atoms with Gasteiger partial charge < -0.3 is 0 Å². The molecule has 2 aromatic carbocycles. The fourth-order valence-electron chi connectivity index (χ4n) is 5.68. The highest BCUT2D eigenvalue weighted by molar-refractivity contribution is 5.79. The molecule has 0 aliphatic carbocycles. The Kier molecular flexibility index (Phi) is 8.16. The quantitative estimate of drug-likeness (QED) is 0.172. The molecule has 0 N–H and O–H groups in total. The van der Waals surface area contributed by atoms with E-state index in [1.54, 1.807) is 6.20 Å². The Hall–Kier alpha value is -5.89. The standard InChI is InChI=1S/C41H40N8/c1-40(2,3)33-24-27-47(45-33)38-31(29-15-9-7-10-16-29)20-22-36(43-38)49(35-19-13-14-26-42-35)37-23-21-32(30-17-11-8-12-18-30)39(44-37)48-28-25-34(46-48)41(4,5)6/h7-28H,1-6H3. The van der Waals surface area contributed by atoms with Crippen molar-refractivity contribution in [1.29, 1.82) is 0 Å². The summed E-state index contributed by atoms with van der Waals surface area (Å²) >= 11 is 0. The van der Waals surface area contributed by atoms with Crippen LogP contribution in [0.25, 0.3) is 33.9 Å². The summed E-state index contributed by atoms with van der Waals surface area (Å²) in [5.74, 6) is 3.42. The highest BCUT2D eigenvalue weighted by atomic mass is 15.4. The van der Waals surface area contributed by atoms with E-state index in [1.165, 1.54) is 0 Å². The highest BCUT2D eigenvalue weighted by Gasteiger charge is 2.24. The van der Waals surface area contributed by atoms with E-state index >= 15 is 0 Å². The molecule has 8 heteroatoms. The minimum absolute atomic E-state index is 0.115. The Bertz CT molecular complexity index is 2050. The van der Waals surface area contributed by atoms with Crippen LogP contribution in [0.1, 0.15) is 52.9 Å². The van der Waals surface area contributed by atoms with E-state index in [9.17, 15) is 0 Å². The maximum absolute atomic E-state index is 5.31. The Labute approximate surface area is 287 Å². The Morgan fingerprint density at radius 2 is 0.918 bits per heavy atom. The van der Waals surface area contributed by atoms with Gasteiger partial charge in [0.25, 0.3) is 0 Å². The van der Waals surface area contributed by atoms with E-state index < -0.39 is 0 Å². The van der Waals surface area contributed by atoms with E-state index in [-0.39, 0.29) is 10.8 Å². The van der Waals surface area contributed by atoms with Gasteiger partial charge >= 0.3 is 0 Å². The first kappa shape index (κ1) is 31.7. The Balaban J connectivity index is 1.44. The van der Waals surface area contributed by atoms with Gasteiger partial charge in [0.2, 0.25) is 0 Å². The average molecular weight is 645 g/mol. The van der Waals surface area contributed by atoms with Crippen molar-refractivity contribution in [2.75, 3.05) is 4.90 Å². The zero-order valence-electron chi connectivity index (χ0n) is 28.8. The number of benzene rings is 2. The second kappa shape index (κ2) is 12.6. The molecular weight excluding hydrogens is 605 g/mol. The first-order valence-corrected chi connectivity index (χ1v) is 16.5. The molecule has 244 valence electrons. The van der Waals surface area contributed by atoms with E-state index in [0.29, 0.717) is 29.1 Å². The molecule has 0 aliphatic rings. The molecule has 0 amide bonds. The van der Waals surface area contributed by atoms with Gasteiger partial charge in [-0.3, -0.25) is 4.90 Å². The molecule has 0 aliphatic heterocycles. The highest BCUT2D eigenvalue weighted by Crippen LogP contribution is 2.37. The molecule has 7 aromatic rings. The van der Waals surface area contributed by atoms with Crippen molar-refractivity contribution < 1.29 is 0 Å². The van der Waals surface area contributed by atoms with Gasteiger partial charge in [0, 0.05) is 40.5 Å². The monoisotopic (exact) mass is 644 g/mol. The van der Waals surface area contributed by atoms with Crippen molar-refractivity contribution in [3.8, 4) is 33.9 Å². The van der Waals surface area contributed by atoms with E-state index in [1.807, 2.05) is 93.4 Å². The Morgan fingerprint density at radius 1 is 0.469 bits per heavy atom. The minimum atomic E-state index is -0.115. The van der Waals surface area contributed by atoms with Gasteiger partial charge in [0.15, 0.2) is 11.6 Å². The molecular formula is C41H40N8. The lowest BCUT2D eigenvalue weighted by molar-refractivity contribution is 0.559. The number of rotatable bonds is 7. The van der Waals surface area contributed by atoms with Crippen molar-refractivity contribution in [3.05, 3.63) is 145 Å². The van der Waals surface area contributed by atoms with E-state index in [4.69, 9.17) is 25.1 Å². The Morgan fingerprint density at radius 3 is 1.31 bits per heavy atom. The largest absolute Gasteiger partial charge is 0.262 e. The van der Waals surface area contributed by atoms with Crippen LogP contribution < -0.4 is 4.90 Å². The van der Waals surface area contributed by atoms with Gasteiger partial charge in [-0.05, 0) is 59.7 Å². The first-order valence-electron chi connectivity index (χ1n) is 16.5. The minimum Gasteiger partial charge on any atom is -0.262 e. The van der Waals surface area contributed by atoms with Crippen LogP contribution in [0.5, 0.6) is 0 Å². The fraction of sp³-hybridized carbons (Fsp3) is 0.195. The third-order valence-electron chi connectivity index (χ3n) is 8.38. The summed E-state index contributed by atoms with van der Waals surface area (Å²) in [7, 11) is 0. The third kappa shape index (κ3) is 6.50. The average Bonchev–Trinajstić information content (AvgIpc) is 3.82. The summed E-state index contributed by atoms with van der Waals surface area (Å²) in [6.07, 6.45) is 5.76. The third-order valence-corrected chi connectivity index (χ3v) is 8.38. The summed E-state index contributed by atoms with van der Waals surface area (Å²) in [4.78, 5) is 17.4. The number of nitrogens with zero attached hydrogens (tertiary/aromatic N) is 8. The lowest BCUT2D eigenvalue weighted by atomic mass is 9.93. The lowest BCUT2D eigenvalue weighted by Crippen LogP contribution is -2.18. The van der Waals surface area contributed by atoms with E-state index in [0.717, 1.165) is 33.6 Å². The molecule has 49 heavy (non-hydrogen) atoms. The van der Waals surface area contributed by atoms with Gasteiger partial charge in [0.05, 0.1) is 11.4 Å². The van der Waals surface area contributed by atoms with Gasteiger partial charge in [-0.2, -0.15) is 10.2 Å². The molecule has 8 nitrogen and oxygen atoms in total. The zero-order chi connectivity index (χ0) is 34.2. The normalized spacial score (nSPS) is 11.9. The second-order valence-electron chi connectivity index (χ2n) is 14.1. The fourth-order valence-corrected chi connectivity index (χ4v) is 5.68. The predicted molar refractivity (Wildman–Crippen MR) is 197 cm³/mol. The van der Waals surface area contributed by atoms with Crippen LogP contribution in [0.3, 0.4) is 0 Å². The molecule has 7 rings (SSSR count). The number of anilines is 3. The SMILES string of the molecule is CC(C)(C)c1ccn(-c2nc(N(c3ccccn3)c3ccc(-c4ccccc4)c(-n4ccc(C(C)(C)C)n4)n3)ccc2-c2ccccc2)n1.